The van der Waals surface area contributed by atoms with Gasteiger partial charge in [-0.3, -0.25) is 0 Å². The summed E-state index contributed by atoms with van der Waals surface area (Å²) in [5.41, 5.74) is 4.56. The molecule has 0 aliphatic carbocycles. The Hall–Kier alpha value is -2.42. The largest absolute Gasteiger partial charge is 0.429 e. The zero-order valence-electron chi connectivity index (χ0n) is 10.6. The van der Waals surface area contributed by atoms with E-state index in [0.717, 1.165) is 16.7 Å². The first kappa shape index (κ1) is 11.7. The standard InChI is InChI=1S/C16H13NO2/c1-11-4-6-12(7-5-11)14-9-13-3-2-8-17-15(13)16(18)19-10-14/h2-8,10H,9H2,1H3. The highest BCUT2D eigenvalue weighted by atomic mass is 16.5. The van der Waals surface area contributed by atoms with Crippen LogP contribution in [0.3, 0.4) is 0 Å². The fourth-order valence-electron chi connectivity index (χ4n) is 2.13. The summed E-state index contributed by atoms with van der Waals surface area (Å²) in [5.74, 6) is -0.391. The molecule has 2 aromatic rings. The van der Waals surface area contributed by atoms with Crippen LogP contribution in [0.1, 0.15) is 27.2 Å². The van der Waals surface area contributed by atoms with Crippen LogP contribution in [0.25, 0.3) is 5.57 Å². The fraction of sp³-hybridized carbons (Fsp3) is 0.125. The summed E-state index contributed by atoms with van der Waals surface area (Å²) in [7, 11) is 0. The highest BCUT2D eigenvalue weighted by Crippen LogP contribution is 2.25. The monoisotopic (exact) mass is 251 g/mol. The Labute approximate surface area is 111 Å². The van der Waals surface area contributed by atoms with Gasteiger partial charge in [-0.25, -0.2) is 9.78 Å². The number of carbonyl (C=O) groups excluding carboxylic acids is 1. The molecule has 0 atom stereocenters. The van der Waals surface area contributed by atoms with Crippen LogP contribution in [0.4, 0.5) is 0 Å². The van der Waals surface area contributed by atoms with Crippen LogP contribution in [0.5, 0.6) is 0 Å². The first-order valence-corrected chi connectivity index (χ1v) is 6.15. The van der Waals surface area contributed by atoms with Crippen molar-refractivity contribution in [2.24, 2.45) is 0 Å². The third kappa shape index (κ3) is 2.27. The van der Waals surface area contributed by atoms with E-state index in [4.69, 9.17) is 4.74 Å². The highest BCUT2D eigenvalue weighted by Gasteiger charge is 2.19. The number of pyridine rings is 1. The van der Waals surface area contributed by atoms with Crippen molar-refractivity contribution < 1.29 is 9.53 Å². The van der Waals surface area contributed by atoms with Crippen LogP contribution in [0.15, 0.2) is 48.9 Å². The summed E-state index contributed by atoms with van der Waals surface area (Å²) in [4.78, 5) is 15.9. The summed E-state index contributed by atoms with van der Waals surface area (Å²) in [6.07, 6.45) is 3.80. The van der Waals surface area contributed by atoms with Gasteiger partial charge in [-0.05, 0) is 29.7 Å². The van der Waals surface area contributed by atoms with E-state index in [-0.39, 0.29) is 0 Å². The van der Waals surface area contributed by atoms with Crippen LogP contribution in [-0.2, 0) is 11.2 Å². The van der Waals surface area contributed by atoms with Gasteiger partial charge in [0, 0.05) is 12.6 Å². The first-order valence-electron chi connectivity index (χ1n) is 6.15. The van der Waals surface area contributed by atoms with E-state index in [1.807, 2.05) is 43.3 Å². The Morgan fingerprint density at radius 3 is 2.74 bits per heavy atom. The number of aromatic nitrogens is 1. The van der Waals surface area contributed by atoms with Gasteiger partial charge in [0.2, 0.25) is 0 Å². The number of rotatable bonds is 1. The van der Waals surface area contributed by atoms with Crippen LogP contribution in [0, 0.1) is 6.92 Å². The SMILES string of the molecule is Cc1ccc(C2=COC(=O)c3ncccc3C2)cc1. The molecule has 0 N–H and O–H groups in total. The maximum absolute atomic E-state index is 11.8. The minimum Gasteiger partial charge on any atom is -0.429 e. The highest BCUT2D eigenvalue weighted by molar-refractivity contribution is 5.91. The van der Waals surface area contributed by atoms with Crippen LogP contribution in [0.2, 0.25) is 0 Å². The van der Waals surface area contributed by atoms with Crippen LogP contribution >= 0.6 is 0 Å². The Morgan fingerprint density at radius 1 is 1.16 bits per heavy atom. The molecule has 0 fully saturated rings. The van der Waals surface area contributed by atoms with Crippen molar-refractivity contribution in [3.8, 4) is 0 Å². The molecule has 0 radical (unpaired) electrons. The zero-order chi connectivity index (χ0) is 13.2. The Kier molecular flexibility index (Phi) is 2.88. The van der Waals surface area contributed by atoms with Crippen molar-refractivity contribution in [3.63, 3.8) is 0 Å². The summed E-state index contributed by atoms with van der Waals surface area (Å²) >= 11 is 0. The number of benzene rings is 1. The Balaban J connectivity index is 2.01. The molecule has 1 aliphatic heterocycles. The van der Waals surface area contributed by atoms with Gasteiger partial charge in [0.1, 0.15) is 0 Å². The number of aryl methyl sites for hydroxylation is 1. The number of ether oxygens (including phenoxy) is 1. The fourth-order valence-corrected chi connectivity index (χ4v) is 2.13. The van der Waals surface area contributed by atoms with Gasteiger partial charge >= 0.3 is 5.97 Å². The average Bonchev–Trinajstić information content (AvgIpc) is 2.60. The smallest absolute Gasteiger partial charge is 0.362 e. The second-order valence-corrected chi connectivity index (χ2v) is 4.60. The molecular formula is C16H13NO2. The van der Waals surface area contributed by atoms with Gasteiger partial charge < -0.3 is 4.74 Å². The number of hydrogen-bond donors (Lipinski definition) is 0. The van der Waals surface area contributed by atoms with E-state index >= 15 is 0 Å². The molecule has 3 rings (SSSR count). The summed E-state index contributed by atoms with van der Waals surface area (Å²) in [6, 6.07) is 11.9. The van der Waals surface area contributed by atoms with Crippen molar-refractivity contribution in [2.75, 3.05) is 0 Å². The normalized spacial score (nSPS) is 14.2. The van der Waals surface area contributed by atoms with E-state index < -0.39 is 5.97 Å². The summed E-state index contributed by atoms with van der Waals surface area (Å²) in [5, 5.41) is 0. The van der Waals surface area contributed by atoms with Gasteiger partial charge in [-0.1, -0.05) is 35.9 Å². The van der Waals surface area contributed by atoms with Gasteiger partial charge in [-0.15, -0.1) is 0 Å². The number of allylic oxidation sites excluding steroid dienone is 1. The lowest BCUT2D eigenvalue weighted by Crippen LogP contribution is -2.05. The Bertz CT molecular complexity index is 657. The molecule has 0 spiro atoms. The number of nitrogens with zero attached hydrogens (tertiary/aromatic N) is 1. The van der Waals surface area contributed by atoms with Gasteiger partial charge in [0.05, 0.1) is 6.26 Å². The molecule has 3 heteroatoms. The molecule has 94 valence electrons. The maximum atomic E-state index is 11.8. The average molecular weight is 251 g/mol. The zero-order valence-corrected chi connectivity index (χ0v) is 10.6. The second kappa shape index (κ2) is 4.69. The molecule has 19 heavy (non-hydrogen) atoms. The molecule has 1 aliphatic rings. The van der Waals surface area contributed by atoms with Gasteiger partial charge in [0.25, 0.3) is 0 Å². The van der Waals surface area contributed by atoms with Gasteiger partial charge in [0.15, 0.2) is 5.69 Å². The molecule has 0 saturated heterocycles. The third-order valence-electron chi connectivity index (χ3n) is 3.20. The van der Waals surface area contributed by atoms with Crippen molar-refractivity contribution in [1.29, 1.82) is 0 Å². The Morgan fingerprint density at radius 2 is 1.95 bits per heavy atom. The minimum absolute atomic E-state index is 0.391. The quantitative estimate of drug-likeness (QED) is 0.731. The lowest BCUT2D eigenvalue weighted by atomic mass is 9.98. The van der Waals surface area contributed by atoms with E-state index in [1.165, 1.54) is 11.8 Å². The minimum atomic E-state index is -0.391. The van der Waals surface area contributed by atoms with Crippen molar-refractivity contribution in [2.45, 2.75) is 13.3 Å². The molecule has 1 aromatic heterocycles. The third-order valence-corrected chi connectivity index (χ3v) is 3.20. The van der Waals surface area contributed by atoms with E-state index in [1.54, 1.807) is 6.20 Å². The predicted octanol–water partition coefficient (Wildman–Crippen LogP) is 3.14. The van der Waals surface area contributed by atoms with Crippen LogP contribution < -0.4 is 0 Å². The number of cyclic esters (lactones) is 1. The predicted molar refractivity (Wildman–Crippen MR) is 72.5 cm³/mol. The number of esters is 1. The number of hydrogen-bond acceptors (Lipinski definition) is 3. The van der Waals surface area contributed by atoms with Gasteiger partial charge in [-0.2, -0.15) is 0 Å². The molecule has 1 aromatic carbocycles. The molecule has 0 amide bonds. The topological polar surface area (TPSA) is 39.2 Å². The number of carbonyl (C=O) groups is 1. The summed E-state index contributed by atoms with van der Waals surface area (Å²) in [6.45, 7) is 2.05. The lowest BCUT2D eigenvalue weighted by molar-refractivity contribution is 0.0659. The number of fused-ring (bicyclic) bond motifs is 1. The molecule has 0 unspecified atom stereocenters. The van der Waals surface area contributed by atoms with E-state index in [9.17, 15) is 4.79 Å². The van der Waals surface area contributed by atoms with Crippen molar-refractivity contribution >= 4 is 11.5 Å². The molecule has 2 heterocycles. The van der Waals surface area contributed by atoms with Crippen molar-refractivity contribution in [1.82, 2.24) is 4.98 Å². The maximum Gasteiger partial charge on any atom is 0.362 e. The first-order chi connectivity index (χ1) is 9.24. The molecular weight excluding hydrogens is 238 g/mol. The molecule has 0 saturated carbocycles. The molecule has 3 nitrogen and oxygen atoms in total. The summed E-state index contributed by atoms with van der Waals surface area (Å²) < 4.78 is 5.16. The van der Waals surface area contributed by atoms with E-state index in [0.29, 0.717) is 12.1 Å². The van der Waals surface area contributed by atoms with Crippen LogP contribution in [-0.4, -0.2) is 11.0 Å². The lowest BCUT2D eigenvalue weighted by Gasteiger charge is -2.06. The van der Waals surface area contributed by atoms with Crippen molar-refractivity contribution in [3.05, 3.63) is 71.2 Å². The molecule has 0 bridgehead atoms. The second-order valence-electron chi connectivity index (χ2n) is 4.60. The van der Waals surface area contributed by atoms with E-state index in [2.05, 4.69) is 4.98 Å².